The summed E-state index contributed by atoms with van der Waals surface area (Å²) in [6.07, 6.45) is 2.45. The van der Waals surface area contributed by atoms with E-state index in [0.717, 1.165) is 19.4 Å². The van der Waals surface area contributed by atoms with Crippen LogP contribution in [0.4, 0.5) is 0 Å². The van der Waals surface area contributed by atoms with Crippen molar-refractivity contribution < 1.29 is 4.79 Å². The minimum Gasteiger partial charge on any atom is -0.326 e. The Morgan fingerprint density at radius 2 is 2.14 bits per heavy atom. The summed E-state index contributed by atoms with van der Waals surface area (Å²) in [5.41, 5.74) is 0.125. The van der Waals surface area contributed by atoms with Gasteiger partial charge in [0.25, 0.3) is 0 Å². The van der Waals surface area contributed by atoms with Gasteiger partial charge in [0.1, 0.15) is 0 Å². The molecule has 0 aromatic rings. The quantitative estimate of drug-likeness (QED) is 0.747. The van der Waals surface area contributed by atoms with Gasteiger partial charge in [0.05, 0.1) is 12.7 Å². The van der Waals surface area contributed by atoms with Crippen molar-refractivity contribution in [2.24, 2.45) is 5.41 Å². The lowest BCUT2D eigenvalue weighted by Crippen LogP contribution is -2.47. The molecule has 0 aromatic heterocycles. The van der Waals surface area contributed by atoms with Crippen molar-refractivity contribution in [2.45, 2.75) is 46.7 Å². The van der Waals surface area contributed by atoms with Crippen LogP contribution in [0.5, 0.6) is 0 Å². The molecule has 82 valence electrons. The fourth-order valence-electron chi connectivity index (χ4n) is 1.90. The van der Waals surface area contributed by atoms with E-state index in [1.807, 2.05) is 4.90 Å². The predicted molar refractivity (Wildman–Crippen MR) is 57.9 cm³/mol. The van der Waals surface area contributed by atoms with E-state index in [4.69, 9.17) is 0 Å². The standard InChI is InChI=1S/C11H22N2O/c1-5-6-7-13-9(14)8-12-10(13)11(2,3)4/h10,12H,5-8H2,1-4H3. The first-order chi connectivity index (χ1) is 6.46. The average molecular weight is 198 g/mol. The Bertz CT molecular complexity index is 208. The van der Waals surface area contributed by atoms with Crippen LogP contribution in [-0.2, 0) is 4.79 Å². The topological polar surface area (TPSA) is 32.3 Å². The van der Waals surface area contributed by atoms with Crippen LogP contribution < -0.4 is 5.32 Å². The van der Waals surface area contributed by atoms with Crippen LogP contribution in [0, 0.1) is 5.41 Å². The van der Waals surface area contributed by atoms with Gasteiger partial charge in [0.15, 0.2) is 0 Å². The maximum absolute atomic E-state index is 11.6. The summed E-state index contributed by atoms with van der Waals surface area (Å²) in [6.45, 7) is 10.1. The summed E-state index contributed by atoms with van der Waals surface area (Å²) in [6, 6.07) is 0. The molecular formula is C11H22N2O. The molecule has 1 rings (SSSR count). The fraction of sp³-hybridized carbons (Fsp3) is 0.909. The molecule has 14 heavy (non-hydrogen) atoms. The van der Waals surface area contributed by atoms with Crippen molar-refractivity contribution >= 4 is 5.91 Å². The molecule has 3 nitrogen and oxygen atoms in total. The highest BCUT2D eigenvalue weighted by Crippen LogP contribution is 2.25. The maximum atomic E-state index is 11.6. The first kappa shape index (κ1) is 11.5. The molecule has 1 N–H and O–H groups in total. The van der Waals surface area contributed by atoms with Gasteiger partial charge >= 0.3 is 0 Å². The van der Waals surface area contributed by atoms with E-state index >= 15 is 0 Å². The molecule has 1 atom stereocenters. The average Bonchev–Trinajstić information content (AvgIpc) is 2.42. The minimum atomic E-state index is 0.125. The van der Waals surface area contributed by atoms with Gasteiger partial charge in [-0.1, -0.05) is 34.1 Å². The monoisotopic (exact) mass is 198 g/mol. The van der Waals surface area contributed by atoms with E-state index in [-0.39, 0.29) is 17.5 Å². The Morgan fingerprint density at radius 1 is 1.50 bits per heavy atom. The van der Waals surface area contributed by atoms with Crippen LogP contribution in [0.25, 0.3) is 0 Å². The van der Waals surface area contributed by atoms with Crippen LogP contribution in [0.1, 0.15) is 40.5 Å². The largest absolute Gasteiger partial charge is 0.326 e. The number of nitrogens with one attached hydrogen (secondary N) is 1. The number of carbonyl (C=O) groups excluding carboxylic acids is 1. The third-order valence-electron chi connectivity index (χ3n) is 2.65. The number of hydrogen-bond acceptors (Lipinski definition) is 2. The van der Waals surface area contributed by atoms with E-state index in [1.165, 1.54) is 0 Å². The Labute approximate surface area is 86.9 Å². The van der Waals surface area contributed by atoms with E-state index in [0.29, 0.717) is 6.54 Å². The van der Waals surface area contributed by atoms with Crippen molar-refractivity contribution in [1.29, 1.82) is 0 Å². The molecule has 1 heterocycles. The Kier molecular flexibility index (Phi) is 3.53. The number of rotatable bonds is 3. The first-order valence-electron chi connectivity index (χ1n) is 5.49. The molecule has 0 spiro atoms. The minimum absolute atomic E-state index is 0.125. The van der Waals surface area contributed by atoms with Crippen molar-refractivity contribution in [3.63, 3.8) is 0 Å². The molecule has 0 aliphatic carbocycles. The molecule has 0 bridgehead atoms. The summed E-state index contributed by atoms with van der Waals surface area (Å²) in [5.74, 6) is 0.248. The molecular weight excluding hydrogens is 176 g/mol. The molecule has 1 amide bonds. The van der Waals surface area contributed by atoms with Crippen molar-refractivity contribution in [3.05, 3.63) is 0 Å². The molecule has 0 aromatic carbocycles. The molecule has 1 aliphatic heterocycles. The second-order valence-electron chi connectivity index (χ2n) is 5.09. The van der Waals surface area contributed by atoms with Crippen molar-refractivity contribution in [1.82, 2.24) is 10.2 Å². The van der Waals surface area contributed by atoms with Crippen LogP contribution in [0.15, 0.2) is 0 Å². The maximum Gasteiger partial charge on any atom is 0.237 e. The van der Waals surface area contributed by atoms with Gasteiger partial charge in [-0.15, -0.1) is 0 Å². The summed E-state index contributed by atoms with van der Waals surface area (Å²) < 4.78 is 0. The zero-order valence-corrected chi connectivity index (χ0v) is 9.76. The third-order valence-corrected chi connectivity index (χ3v) is 2.65. The fourth-order valence-corrected chi connectivity index (χ4v) is 1.90. The first-order valence-corrected chi connectivity index (χ1v) is 5.49. The molecule has 1 aliphatic rings. The van der Waals surface area contributed by atoms with E-state index in [9.17, 15) is 4.79 Å². The SMILES string of the molecule is CCCCN1C(=O)CNC1C(C)(C)C. The van der Waals surface area contributed by atoms with Crippen LogP contribution in [0.3, 0.4) is 0 Å². The number of nitrogens with zero attached hydrogens (tertiary/aromatic N) is 1. The molecule has 1 saturated heterocycles. The summed E-state index contributed by atoms with van der Waals surface area (Å²) in [7, 11) is 0. The molecule has 0 saturated carbocycles. The Balaban J connectivity index is 2.62. The molecule has 0 radical (unpaired) electrons. The normalized spacial score (nSPS) is 23.3. The zero-order chi connectivity index (χ0) is 10.8. The van der Waals surface area contributed by atoms with Crippen LogP contribution >= 0.6 is 0 Å². The number of hydrogen-bond donors (Lipinski definition) is 1. The lowest BCUT2D eigenvalue weighted by atomic mass is 9.92. The predicted octanol–water partition coefficient (Wildman–Crippen LogP) is 1.59. The lowest BCUT2D eigenvalue weighted by Gasteiger charge is -2.34. The highest BCUT2D eigenvalue weighted by atomic mass is 16.2. The van der Waals surface area contributed by atoms with E-state index < -0.39 is 0 Å². The summed E-state index contributed by atoms with van der Waals surface area (Å²) >= 11 is 0. The highest BCUT2D eigenvalue weighted by molar-refractivity contribution is 5.80. The summed E-state index contributed by atoms with van der Waals surface area (Å²) in [5, 5.41) is 3.28. The number of unbranched alkanes of at least 4 members (excludes halogenated alkanes) is 1. The Hall–Kier alpha value is -0.570. The van der Waals surface area contributed by atoms with Gasteiger partial charge in [-0.25, -0.2) is 0 Å². The van der Waals surface area contributed by atoms with E-state index in [1.54, 1.807) is 0 Å². The zero-order valence-electron chi connectivity index (χ0n) is 9.76. The van der Waals surface area contributed by atoms with Crippen molar-refractivity contribution in [2.75, 3.05) is 13.1 Å². The second kappa shape index (κ2) is 4.30. The number of carbonyl (C=O) groups is 1. The van der Waals surface area contributed by atoms with Gasteiger partial charge in [-0.2, -0.15) is 0 Å². The second-order valence-corrected chi connectivity index (χ2v) is 5.09. The van der Waals surface area contributed by atoms with Crippen molar-refractivity contribution in [3.8, 4) is 0 Å². The molecule has 1 fully saturated rings. The Morgan fingerprint density at radius 3 is 2.64 bits per heavy atom. The third kappa shape index (κ3) is 2.47. The number of amides is 1. The highest BCUT2D eigenvalue weighted by Gasteiger charge is 2.37. The van der Waals surface area contributed by atoms with Gasteiger partial charge in [0, 0.05) is 6.54 Å². The molecule has 3 heteroatoms. The van der Waals surface area contributed by atoms with Crippen LogP contribution in [-0.4, -0.2) is 30.1 Å². The van der Waals surface area contributed by atoms with Gasteiger partial charge in [0.2, 0.25) is 5.91 Å². The lowest BCUT2D eigenvalue weighted by molar-refractivity contribution is -0.129. The van der Waals surface area contributed by atoms with E-state index in [2.05, 4.69) is 33.0 Å². The molecule has 1 unspecified atom stereocenters. The summed E-state index contributed by atoms with van der Waals surface area (Å²) in [4.78, 5) is 13.6. The van der Waals surface area contributed by atoms with Gasteiger partial charge < -0.3 is 4.90 Å². The van der Waals surface area contributed by atoms with Gasteiger partial charge in [-0.3, -0.25) is 10.1 Å². The smallest absolute Gasteiger partial charge is 0.237 e. The van der Waals surface area contributed by atoms with Crippen LogP contribution in [0.2, 0.25) is 0 Å². The van der Waals surface area contributed by atoms with Gasteiger partial charge in [-0.05, 0) is 11.8 Å².